The molecule has 0 unspecified atom stereocenters. The highest BCUT2D eigenvalue weighted by Crippen LogP contribution is 2.32. The Bertz CT molecular complexity index is 1230. The molecule has 0 saturated carbocycles. The highest BCUT2D eigenvalue weighted by Gasteiger charge is 2.12. The molecule has 0 fully saturated rings. The highest BCUT2D eigenvalue weighted by molar-refractivity contribution is 5.88. The van der Waals surface area contributed by atoms with Gasteiger partial charge >= 0.3 is 0 Å². The summed E-state index contributed by atoms with van der Waals surface area (Å²) in [6.07, 6.45) is 6.77. The molecule has 0 N–H and O–H groups in total. The minimum atomic E-state index is -0.501. The first-order valence-corrected chi connectivity index (χ1v) is 11.7. The van der Waals surface area contributed by atoms with Gasteiger partial charge in [-0.05, 0) is 65.5 Å². The zero-order chi connectivity index (χ0) is 23.2. The van der Waals surface area contributed by atoms with E-state index in [9.17, 15) is 4.39 Å². The second-order valence-corrected chi connectivity index (χ2v) is 8.61. The first-order valence-electron chi connectivity index (χ1n) is 11.7. The third-order valence-electron chi connectivity index (χ3n) is 6.28. The molecule has 4 aromatic rings. The van der Waals surface area contributed by atoms with E-state index in [1.165, 1.54) is 55.2 Å². The quantitative estimate of drug-likeness (QED) is 0.236. The van der Waals surface area contributed by atoms with Gasteiger partial charge in [-0.3, -0.25) is 0 Å². The van der Waals surface area contributed by atoms with Crippen molar-refractivity contribution in [1.29, 1.82) is 0 Å². The Labute approximate surface area is 195 Å². The molecule has 3 heteroatoms. The van der Waals surface area contributed by atoms with E-state index in [4.69, 9.17) is 4.74 Å². The van der Waals surface area contributed by atoms with Gasteiger partial charge in [0.15, 0.2) is 11.6 Å². The van der Waals surface area contributed by atoms with Crippen molar-refractivity contribution in [2.24, 2.45) is 0 Å². The fourth-order valence-electron chi connectivity index (χ4n) is 4.29. The van der Waals surface area contributed by atoms with Gasteiger partial charge in [-0.15, -0.1) is 0 Å². The van der Waals surface area contributed by atoms with E-state index in [0.717, 1.165) is 24.6 Å². The van der Waals surface area contributed by atoms with E-state index in [1.807, 2.05) is 18.2 Å². The molecule has 33 heavy (non-hydrogen) atoms. The number of unbranched alkanes of at least 4 members (excludes halogenated alkanes) is 2. The molecule has 0 heterocycles. The van der Waals surface area contributed by atoms with Crippen LogP contribution in [-0.4, -0.2) is 7.11 Å². The Morgan fingerprint density at radius 3 is 2.09 bits per heavy atom. The summed E-state index contributed by atoms with van der Waals surface area (Å²) >= 11 is 0. The van der Waals surface area contributed by atoms with Crippen molar-refractivity contribution in [3.05, 3.63) is 101 Å². The van der Waals surface area contributed by atoms with Crippen LogP contribution in [0.2, 0.25) is 0 Å². The topological polar surface area (TPSA) is 9.23 Å². The van der Waals surface area contributed by atoms with Crippen molar-refractivity contribution in [2.45, 2.75) is 45.4 Å². The Kier molecular flexibility index (Phi) is 7.39. The average Bonchev–Trinajstić information content (AvgIpc) is 2.84. The van der Waals surface area contributed by atoms with Crippen LogP contribution in [-0.2, 0) is 19.3 Å². The minimum Gasteiger partial charge on any atom is -0.494 e. The van der Waals surface area contributed by atoms with Gasteiger partial charge < -0.3 is 4.74 Å². The maximum atomic E-state index is 15.2. The molecule has 0 atom stereocenters. The largest absolute Gasteiger partial charge is 0.494 e. The molecular formula is C30H30F2O. The van der Waals surface area contributed by atoms with Gasteiger partial charge in [0.2, 0.25) is 0 Å². The van der Waals surface area contributed by atoms with Crippen molar-refractivity contribution in [3.8, 4) is 16.9 Å². The van der Waals surface area contributed by atoms with Crippen LogP contribution in [0.4, 0.5) is 8.78 Å². The van der Waals surface area contributed by atoms with Gasteiger partial charge in [0.05, 0.1) is 7.11 Å². The Balaban J connectivity index is 1.47. The normalized spacial score (nSPS) is 11.2. The molecule has 0 amide bonds. The maximum Gasteiger partial charge on any atom is 0.165 e. The summed E-state index contributed by atoms with van der Waals surface area (Å²) in [5.74, 6) is -0.683. The van der Waals surface area contributed by atoms with E-state index < -0.39 is 5.82 Å². The van der Waals surface area contributed by atoms with Crippen molar-refractivity contribution < 1.29 is 13.5 Å². The number of ether oxygens (including phenoxy) is 1. The molecule has 0 aromatic heterocycles. The van der Waals surface area contributed by atoms with Crippen LogP contribution in [0, 0.1) is 11.6 Å². The summed E-state index contributed by atoms with van der Waals surface area (Å²) in [7, 11) is 1.41. The van der Waals surface area contributed by atoms with Crippen molar-refractivity contribution in [2.75, 3.05) is 7.11 Å². The zero-order valence-corrected chi connectivity index (χ0v) is 19.3. The molecule has 4 rings (SSSR count). The minimum absolute atomic E-state index is 0.149. The van der Waals surface area contributed by atoms with Gasteiger partial charge in [0.1, 0.15) is 5.82 Å². The van der Waals surface area contributed by atoms with Crippen molar-refractivity contribution in [3.63, 3.8) is 0 Å². The third-order valence-corrected chi connectivity index (χ3v) is 6.28. The fraction of sp³-hybridized carbons (Fsp3) is 0.267. The summed E-state index contributed by atoms with van der Waals surface area (Å²) in [5, 5.41) is 1.40. The number of fused-ring (bicyclic) bond motifs is 1. The zero-order valence-electron chi connectivity index (χ0n) is 19.3. The summed E-state index contributed by atoms with van der Waals surface area (Å²) in [6, 6.07) is 22.9. The lowest BCUT2D eigenvalue weighted by Gasteiger charge is -2.10. The maximum absolute atomic E-state index is 15.2. The molecule has 0 aliphatic rings. The molecule has 0 spiro atoms. The van der Waals surface area contributed by atoms with E-state index in [0.29, 0.717) is 16.5 Å². The van der Waals surface area contributed by atoms with Crippen LogP contribution in [0.25, 0.3) is 21.9 Å². The summed E-state index contributed by atoms with van der Waals surface area (Å²) < 4.78 is 34.3. The fourth-order valence-corrected chi connectivity index (χ4v) is 4.29. The summed E-state index contributed by atoms with van der Waals surface area (Å²) in [4.78, 5) is 0. The highest BCUT2D eigenvalue weighted by atomic mass is 19.1. The predicted octanol–water partition coefficient (Wildman–Crippen LogP) is 8.31. The molecule has 0 radical (unpaired) electrons. The Hall–Kier alpha value is -3.20. The van der Waals surface area contributed by atoms with Gasteiger partial charge in [-0.1, -0.05) is 80.4 Å². The number of halogens is 2. The first kappa shape index (κ1) is 23.0. The lowest BCUT2D eigenvalue weighted by Crippen LogP contribution is -1.94. The third kappa shape index (κ3) is 5.42. The predicted molar refractivity (Wildman–Crippen MR) is 133 cm³/mol. The van der Waals surface area contributed by atoms with Crippen LogP contribution in [0.5, 0.6) is 5.75 Å². The number of hydrogen-bond donors (Lipinski definition) is 0. The summed E-state index contributed by atoms with van der Waals surface area (Å²) in [5.41, 5.74) is 4.78. The molecule has 0 bridgehead atoms. The van der Waals surface area contributed by atoms with E-state index >= 15 is 4.39 Å². The van der Waals surface area contributed by atoms with E-state index in [-0.39, 0.29) is 11.6 Å². The number of aryl methyl sites for hydroxylation is 3. The van der Waals surface area contributed by atoms with Crippen LogP contribution >= 0.6 is 0 Å². The van der Waals surface area contributed by atoms with Crippen LogP contribution in [0.1, 0.15) is 42.9 Å². The van der Waals surface area contributed by atoms with Gasteiger partial charge in [-0.25, -0.2) is 8.78 Å². The first-order chi connectivity index (χ1) is 16.1. The van der Waals surface area contributed by atoms with Crippen LogP contribution < -0.4 is 4.74 Å². The Morgan fingerprint density at radius 1 is 0.697 bits per heavy atom. The monoisotopic (exact) mass is 444 g/mol. The van der Waals surface area contributed by atoms with Gasteiger partial charge in [0.25, 0.3) is 0 Å². The smallest absolute Gasteiger partial charge is 0.165 e. The number of methoxy groups -OCH3 is 1. The van der Waals surface area contributed by atoms with Crippen LogP contribution in [0.15, 0.2) is 72.8 Å². The van der Waals surface area contributed by atoms with Crippen LogP contribution in [0.3, 0.4) is 0 Å². The average molecular weight is 445 g/mol. The SMILES string of the molecule is CCCCCc1ccc(CCc2ccc3c(F)c(-c4ccc(OC)c(F)c4)ccc3c2)cc1. The molecule has 4 aromatic carbocycles. The number of benzene rings is 4. The molecular weight excluding hydrogens is 414 g/mol. The summed E-state index contributed by atoms with van der Waals surface area (Å²) in [6.45, 7) is 2.23. The molecule has 0 saturated heterocycles. The lowest BCUT2D eigenvalue weighted by molar-refractivity contribution is 0.386. The van der Waals surface area contributed by atoms with Crippen molar-refractivity contribution in [1.82, 2.24) is 0 Å². The van der Waals surface area contributed by atoms with Crippen molar-refractivity contribution >= 4 is 10.8 Å². The standard InChI is InChI=1S/C30H30F2O/c1-3-4-5-6-21-7-9-22(10-8-21)11-12-23-13-16-26-24(19-23)14-17-27(30(26)32)25-15-18-29(33-2)28(31)20-25/h7-10,13-20H,3-6,11-12H2,1-2H3. The van der Waals surface area contributed by atoms with E-state index in [1.54, 1.807) is 12.1 Å². The second-order valence-electron chi connectivity index (χ2n) is 8.61. The lowest BCUT2D eigenvalue weighted by atomic mass is 9.96. The van der Waals surface area contributed by atoms with E-state index in [2.05, 4.69) is 37.3 Å². The molecule has 1 nitrogen and oxygen atoms in total. The van der Waals surface area contributed by atoms with Gasteiger partial charge in [0, 0.05) is 10.9 Å². The molecule has 170 valence electrons. The second kappa shape index (κ2) is 10.6. The number of hydrogen-bond acceptors (Lipinski definition) is 1. The van der Waals surface area contributed by atoms with Gasteiger partial charge in [-0.2, -0.15) is 0 Å². The molecule has 0 aliphatic heterocycles. The number of rotatable bonds is 9. The molecule has 0 aliphatic carbocycles. The Morgan fingerprint density at radius 2 is 1.39 bits per heavy atom.